The summed E-state index contributed by atoms with van der Waals surface area (Å²) < 4.78 is 11.8. The number of esters is 1. The number of carbonyl (C=O) groups excluding carboxylic acids is 3. The minimum absolute atomic E-state index is 0.105. The van der Waals surface area contributed by atoms with Gasteiger partial charge in [0, 0.05) is 24.7 Å². The summed E-state index contributed by atoms with van der Waals surface area (Å²) in [6.07, 6.45) is 0.854. The van der Waals surface area contributed by atoms with Crippen LogP contribution in [0.3, 0.4) is 0 Å². The Morgan fingerprint density at radius 2 is 1.63 bits per heavy atom. The smallest absolute Gasteiger partial charge is 0.409 e. The van der Waals surface area contributed by atoms with Gasteiger partial charge in [-0.3, -0.25) is 4.79 Å². The van der Waals surface area contributed by atoms with Crippen molar-refractivity contribution in [1.82, 2.24) is 25.0 Å². The van der Waals surface area contributed by atoms with Crippen molar-refractivity contribution in [2.75, 3.05) is 26.3 Å². The maximum atomic E-state index is 12.7. The molecule has 10 nitrogen and oxygen atoms in total. The SMILES string of the molecule is CCOC(=O)N1CCC(NC(=O)COC(=O)c2nc(-c3ccccc3)n(-c3ccccc3)n2)CC1. The molecular formula is C25H27N5O5. The van der Waals surface area contributed by atoms with E-state index in [4.69, 9.17) is 9.47 Å². The van der Waals surface area contributed by atoms with Crippen molar-refractivity contribution in [2.24, 2.45) is 0 Å². The van der Waals surface area contributed by atoms with E-state index in [2.05, 4.69) is 15.4 Å². The van der Waals surface area contributed by atoms with Gasteiger partial charge >= 0.3 is 12.1 Å². The molecule has 0 atom stereocenters. The Kier molecular flexibility index (Phi) is 7.71. The zero-order chi connectivity index (χ0) is 24.6. The van der Waals surface area contributed by atoms with Crippen molar-refractivity contribution in [2.45, 2.75) is 25.8 Å². The number of para-hydroxylation sites is 1. The second-order valence-corrected chi connectivity index (χ2v) is 7.98. The number of piperidine rings is 1. The third kappa shape index (κ3) is 6.03. The summed E-state index contributed by atoms with van der Waals surface area (Å²) in [5.41, 5.74) is 1.53. The molecule has 1 N–H and O–H groups in total. The fourth-order valence-corrected chi connectivity index (χ4v) is 3.81. The largest absolute Gasteiger partial charge is 0.450 e. The summed E-state index contributed by atoms with van der Waals surface area (Å²) in [5, 5.41) is 7.18. The number of nitrogens with zero attached hydrogens (tertiary/aromatic N) is 4. The number of carbonyl (C=O) groups is 3. The molecule has 0 aliphatic carbocycles. The molecule has 1 aliphatic heterocycles. The zero-order valence-corrected chi connectivity index (χ0v) is 19.4. The molecule has 4 rings (SSSR count). The van der Waals surface area contributed by atoms with Crippen LogP contribution in [0.1, 0.15) is 30.4 Å². The Hall–Kier alpha value is -4.21. The Balaban J connectivity index is 1.36. The summed E-state index contributed by atoms with van der Waals surface area (Å²) in [6, 6.07) is 18.6. The van der Waals surface area contributed by atoms with Crippen molar-refractivity contribution >= 4 is 18.0 Å². The molecule has 2 heterocycles. The summed E-state index contributed by atoms with van der Waals surface area (Å²) in [6.45, 7) is 2.62. The van der Waals surface area contributed by atoms with Crippen molar-refractivity contribution in [1.29, 1.82) is 0 Å². The molecule has 0 spiro atoms. The number of nitrogens with one attached hydrogen (secondary N) is 1. The lowest BCUT2D eigenvalue weighted by Crippen LogP contribution is -2.47. The Labute approximate surface area is 202 Å². The van der Waals surface area contributed by atoms with Gasteiger partial charge in [-0.25, -0.2) is 19.3 Å². The van der Waals surface area contributed by atoms with Crippen LogP contribution in [0.15, 0.2) is 60.7 Å². The van der Waals surface area contributed by atoms with E-state index in [-0.39, 0.29) is 18.0 Å². The second-order valence-electron chi connectivity index (χ2n) is 7.98. The molecule has 2 amide bonds. The van der Waals surface area contributed by atoms with Crippen molar-refractivity contribution < 1.29 is 23.9 Å². The number of hydrogen-bond acceptors (Lipinski definition) is 7. The van der Waals surface area contributed by atoms with Crippen LogP contribution in [0, 0.1) is 0 Å². The van der Waals surface area contributed by atoms with Crippen molar-refractivity contribution in [3.8, 4) is 17.1 Å². The Morgan fingerprint density at radius 1 is 0.971 bits per heavy atom. The third-order valence-corrected chi connectivity index (χ3v) is 5.54. The number of benzene rings is 2. The Morgan fingerprint density at radius 3 is 2.29 bits per heavy atom. The van der Waals surface area contributed by atoms with Crippen molar-refractivity contribution in [3.05, 3.63) is 66.5 Å². The highest BCUT2D eigenvalue weighted by Gasteiger charge is 2.25. The average Bonchev–Trinajstić information content (AvgIpc) is 3.35. The molecule has 10 heteroatoms. The summed E-state index contributed by atoms with van der Waals surface area (Å²) in [5.74, 6) is -0.854. The van der Waals surface area contributed by atoms with Crippen LogP contribution in [-0.4, -0.2) is 70.0 Å². The number of hydrogen-bond donors (Lipinski definition) is 1. The van der Waals surface area contributed by atoms with E-state index in [1.54, 1.807) is 16.5 Å². The molecular weight excluding hydrogens is 450 g/mol. The van der Waals surface area contributed by atoms with Gasteiger partial charge in [0.1, 0.15) is 0 Å². The van der Waals surface area contributed by atoms with E-state index in [1.807, 2.05) is 60.7 Å². The zero-order valence-electron chi connectivity index (χ0n) is 19.4. The molecule has 3 aromatic rings. The lowest BCUT2D eigenvalue weighted by atomic mass is 10.1. The highest BCUT2D eigenvalue weighted by molar-refractivity contribution is 5.88. The quantitative estimate of drug-likeness (QED) is 0.520. The molecule has 1 saturated heterocycles. The Bertz CT molecular complexity index is 1100. The standard InChI is InChI=1S/C25H27N5O5/c1-2-34-25(33)29-15-13-19(14-16-29)26-21(31)17-35-24(32)22-27-23(18-9-5-3-6-10-18)30(28-22)20-11-7-4-8-12-20/h3-12,19H,2,13-17H2,1H3,(H,26,31). The highest BCUT2D eigenvalue weighted by atomic mass is 16.6. The van der Waals surface area contributed by atoms with Gasteiger partial charge in [-0.1, -0.05) is 48.5 Å². The van der Waals surface area contributed by atoms with Crippen molar-refractivity contribution in [3.63, 3.8) is 0 Å². The van der Waals surface area contributed by atoms with Crippen LogP contribution in [0.2, 0.25) is 0 Å². The van der Waals surface area contributed by atoms with Crippen LogP contribution in [0.4, 0.5) is 4.79 Å². The van der Waals surface area contributed by atoms with E-state index >= 15 is 0 Å². The number of amides is 2. The third-order valence-electron chi connectivity index (χ3n) is 5.54. The first-order valence-corrected chi connectivity index (χ1v) is 11.5. The van der Waals surface area contributed by atoms with E-state index in [0.29, 0.717) is 38.4 Å². The molecule has 1 aromatic heterocycles. The fraction of sp³-hybridized carbons (Fsp3) is 0.320. The molecule has 0 radical (unpaired) electrons. The first kappa shape index (κ1) is 23.9. The molecule has 0 bridgehead atoms. The van der Waals surface area contributed by atoms with Crippen LogP contribution in [0.25, 0.3) is 17.1 Å². The normalized spacial score (nSPS) is 13.8. The van der Waals surface area contributed by atoms with Gasteiger partial charge in [0.05, 0.1) is 12.3 Å². The molecule has 35 heavy (non-hydrogen) atoms. The number of aromatic nitrogens is 3. The summed E-state index contributed by atoms with van der Waals surface area (Å²) in [7, 11) is 0. The number of likely N-dealkylation sites (tertiary alicyclic amines) is 1. The minimum Gasteiger partial charge on any atom is -0.450 e. The predicted octanol–water partition coefficient (Wildman–Crippen LogP) is 2.83. The van der Waals surface area contributed by atoms with E-state index < -0.39 is 18.5 Å². The fourth-order valence-electron chi connectivity index (χ4n) is 3.81. The number of rotatable bonds is 7. The number of ether oxygens (including phenoxy) is 2. The maximum Gasteiger partial charge on any atom is 0.409 e. The second kappa shape index (κ2) is 11.3. The van der Waals surface area contributed by atoms with Gasteiger partial charge in [-0.15, -0.1) is 5.10 Å². The van der Waals surface area contributed by atoms with E-state index in [1.165, 1.54) is 0 Å². The molecule has 2 aromatic carbocycles. The van der Waals surface area contributed by atoms with Crippen LogP contribution < -0.4 is 5.32 Å². The summed E-state index contributed by atoms with van der Waals surface area (Å²) in [4.78, 5) is 42.8. The first-order valence-electron chi connectivity index (χ1n) is 11.5. The molecule has 1 aliphatic rings. The predicted molar refractivity (Wildman–Crippen MR) is 127 cm³/mol. The highest BCUT2D eigenvalue weighted by Crippen LogP contribution is 2.21. The van der Waals surface area contributed by atoms with E-state index in [0.717, 1.165) is 11.3 Å². The maximum absolute atomic E-state index is 12.7. The lowest BCUT2D eigenvalue weighted by molar-refractivity contribution is -0.125. The topological polar surface area (TPSA) is 116 Å². The van der Waals surface area contributed by atoms with Gasteiger partial charge in [0.25, 0.3) is 11.7 Å². The van der Waals surface area contributed by atoms with E-state index in [9.17, 15) is 14.4 Å². The first-order chi connectivity index (χ1) is 17.0. The summed E-state index contributed by atoms with van der Waals surface area (Å²) >= 11 is 0. The van der Waals surface area contributed by atoms with Gasteiger partial charge < -0.3 is 19.7 Å². The molecule has 0 saturated carbocycles. The van der Waals surface area contributed by atoms with Crippen LogP contribution in [0.5, 0.6) is 0 Å². The molecule has 182 valence electrons. The van der Waals surface area contributed by atoms with Crippen LogP contribution >= 0.6 is 0 Å². The van der Waals surface area contributed by atoms with Crippen LogP contribution in [-0.2, 0) is 14.3 Å². The molecule has 1 fully saturated rings. The minimum atomic E-state index is -0.788. The van der Waals surface area contributed by atoms with Gasteiger partial charge in [0.15, 0.2) is 12.4 Å². The van der Waals surface area contributed by atoms with Gasteiger partial charge in [-0.05, 0) is 31.9 Å². The molecule has 0 unspecified atom stereocenters. The average molecular weight is 478 g/mol. The van der Waals surface area contributed by atoms with Gasteiger partial charge in [-0.2, -0.15) is 0 Å². The monoisotopic (exact) mass is 477 g/mol. The van der Waals surface area contributed by atoms with Gasteiger partial charge in [0.2, 0.25) is 0 Å². The lowest BCUT2D eigenvalue weighted by Gasteiger charge is -2.31.